The van der Waals surface area contributed by atoms with Gasteiger partial charge in [0.05, 0.1) is 11.5 Å². The summed E-state index contributed by atoms with van der Waals surface area (Å²) in [6, 6.07) is 23.2. The van der Waals surface area contributed by atoms with Gasteiger partial charge in [-0.05, 0) is 98.8 Å². The van der Waals surface area contributed by atoms with Gasteiger partial charge in [-0.2, -0.15) is 0 Å². The molecule has 0 aliphatic heterocycles. The molecule has 0 aromatic heterocycles. The van der Waals surface area contributed by atoms with Crippen molar-refractivity contribution in [2.24, 2.45) is 11.8 Å². The molecule has 4 atom stereocenters. The maximum Gasteiger partial charge on any atom is 0.235 e. The van der Waals surface area contributed by atoms with Crippen molar-refractivity contribution in [1.29, 1.82) is 0 Å². The van der Waals surface area contributed by atoms with E-state index in [0.29, 0.717) is 38.3 Å². The van der Waals surface area contributed by atoms with Crippen molar-refractivity contribution in [2.75, 3.05) is 10.6 Å². The average molecular weight is 674 g/mol. The third-order valence-corrected chi connectivity index (χ3v) is 9.98. The predicted octanol–water partition coefficient (Wildman–Crippen LogP) is 8.12. The molecule has 244 valence electrons. The highest BCUT2D eigenvalue weighted by Crippen LogP contribution is 2.47. The second-order valence-electron chi connectivity index (χ2n) is 12.5. The van der Waals surface area contributed by atoms with Crippen molar-refractivity contribution in [3.8, 4) is 5.75 Å². The molecule has 4 aromatic rings. The number of anilines is 2. The number of hydrogen-bond acceptors (Lipinski definition) is 5. The number of aliphatic hydroxyl groups is 1. The van der Waals surface area contributed by atoms with Crippen molar-refractivity contribution in [1.82, 2.24) is 0 Å². The van der Waals surface area contributed by atoms with Gasteiger partial charge in [0.2, 0.25) is 11.8 Å². The van der Waals surface area contributed by atoms with Crippen LogP contribution in [0.4, 0.5) is 11.4 Å². The molecular weight excluding hydrogens is 635 g/mol. The number of ketones is 1. The van der Waals surface area contributed by atoms with Gasteiger partial charge in [-0.3, -0.25) is 14.4 Å². The van der Waals surface area contributed by atoms with Gasteiger partial charge in [-0.15, -0.1) is 0 Å². The molecule has 47 heavy (non-hydrogen) atoms. The molecule has 0 heterocycles. The van der Waals surface area contributed by atoms with Gasteiger partial charge < -0.3 is 20.5 Å². The topological polar surface area (TPSA) is 105 Å². The number of carbonyl (C=O) groups is 3. The first kappa shape index (κ1) is 34.2. The Hall–Kier alpha value is -4.17. The van der Waals surface area contributed by atoms with E-state index < -0.39 is 41.0 Å². The molecule has 1 aliphatic rings. The van der Waals surface area contributed by atoms with Crippen molar-refractivity contribution in [3.05, 3.63) is 122 Å². The minimum atomic E-state index is -1.74. The Bertz CT molecular complexity index is 1820. The van der Waals surface area contributed by atoms with Crippen LogP contribution in [0.5, 0.6) is 5.75 Å². The zero-order valence-electron chi connectivity index (χ0n) is 27.0. The summed E-state index contributed by atoms with van der Waals surface area (Å²) in [6.07, 6.45) is -0.362. The van der Waals surface area contributed by atoms with Crippen LogP contribution < -0.4 is 15.4 Å². The largest absolute Gasteiger partial charge is 0.489 e. The summed E-state index contributed by atoms with van der Waals surface area (Å²) >= 11 is 12.6. The first-order valence-corrected chi connectivity index (χ1v) is 16.2. The second kappa shape index (κ2) is 13.9. The molecule has 1 aliphatic carbocycles. The molecule has 4 unspecified atom stereocenters. The van der Waals surface area contributed by atoms with Crippen LogP contribution in [0.1, 0.15) is 52.6 Å². The maximum atomic E-state index is 14.2. The number of aryl methyl sites for hydroxylation is 2. The number of nitrogens with one attached hydrogen (secondary N) is 2. The fourth-order valence-corrected chi connectivity index (χ4v) is 6.80. The van der Waals surface area contributed by atoms with Gasteiger partial charge in [0.1, 0.15) is 24.1 Å². The Morgan fingerprint density at radius 1 is 0.809 bits per heavy atom. The molecule has 7 nitrogen and oxygen atoms in total. The van der Waals surface area contributed by atoms with Gasteiger partial charge in [0.15, 0.2) is 0 Å². The molecule has 0 bridgehead atoms. The Balaban J connectivity index is 1.53. The molecule has 3 N–H and O–H groups in total. The van der Waals surface area contributed by atoms with Crippen molar-refractivity contribution in [2.45, 2.75) is 59.2 Å². The molecule has 5 rings (SSSR count). The van der Waals surface area contributed by atoms with Gasteiger partial charge in [-0.1, -0.05) is 65.7 Å². The van der Waals surface area contributed by atoms with E-state index in [4.69, 9.17) is 27.9 Å². The Morgan fingerprint density at radius 3 is 1.87 bits per heavy atom. The van der Waals surface area contributed by atoms with Crippen molar-refractivity contribution in [3.63, 3.8) is 0 Å². The lowest BCUT2D eigenvalue weighted by molar-refractivity contribution is -0.150. The number of amides is 2. The van der Waals surface area contributed by atoms with Crippen LogP contribution in [0.15, 0.2) is 78.9 Å². The summed E-state index contributed by atoms with van der Waals surface area (Å²) in [5.74, 6) is -4.38. The SMILES string of the molecule is Cc1cccc(NC(=O)C2C(=O)CC(C)(O)C(C(=O)Nc3cccc(C)c3C)C2c2ccc(OCc3c(Cl)cccc3Cl)cc2)c1C. The minimum absolute atomic E-state index is 0.121. The Labute approximate surface area is 285 Å². The summed E-state index contributed by atoms with van der Waals surface area (Å²) in [6.45, 7) is 9.28. The molecule has 1 saturated carbocycles. The third-order valence-electron chi connectivity index (χ3n) is 9.27. The quantitative estimate of drug-likeness (QED) is 0.164. The van der Waals surface area contributed by atoms with Gasteiger partial charge in [0.25, 0.3) is 0 Å². The fourth-order valence-electron chi connectivity index (χ4n) is 6.30. The van der Waals surface area contributed by atoms with E-state index in [1.54, 1.807) is 54.6 Å². The lowest BCUT2D eigenvalue weighted by atomic mass is 9.61. The number of Topliss-reactive ketones (excluding diaryl/α,β-unsaturated/α-hetero) is 1. The number of carbonyl (C=O) groups excluding carboxylic acids is 3. The smallest absolute Gasteiger partial charge is 0.235 e. The van der Waals surface area contributed by atoms with Crippen LogP contribution in [-0.4, -0.2) is 28.3 Å². The van der Waals surface area contributed by atoms with Gasteiger partial charge >= 0.3 is 0 Å². The monoisotopic (exact) mass is 672 g/mol. The zero-order chi connectivity index (χ0) is 34.0. The van der Waals surface area contributed by atoms with E-state index in [2.05, 4.69) is 10.6 Å². The standard InChI is InChI=1S/C38H38Cl2N2O5/c1-21-9-6-13-30(23(21)3)41-36(44)34-32(43)19-38(5,46)35(37(45)42-31-14-7-10-22(2)24(31)4)33(34)25-15-17-26(18-16-25)47-20-27-28(39)11-8-12-29(27)40/h6-18,33-35,46H,19-20H2,1-5H3,(H,41,44)(H,42,45). The van der Waals surface area contributed by atoms with E-state index in [1.165, 1.54) is 6.92 Å². The maximum absolute atomic E-state index is 14.2. The average Bonchev–Trinajstić information content (AvgIpc) is 3.01. The number of hydrogen-bond donors (Lipinski definition) is 3. The number of rotatable bonds is 8. The zero-order valence-corrected chi connectivity index (χ0v) is 28.5. The molecule has 9 heteroatoms. The molecule has 0 saturated heterocycles. The summed E-state index contributed by atoms with van der Waals surface area (Å²) < 4.78 is 5.97. The van der Waals surface area contributed by atoms with Crippen LogP contribution in [0.25, 0.3) is 0 Å². The van der Waals surface area contributed by atoms with Crippen LogP contribution in [0, 0.1) is 39.5 Å². The number of ether oxygens (including phenoxy) is 1. The Morgan fingerprint density at radius 2 is 1.32 bits per heavy atom. The lowest BCUT2D eigenvalue weighted by Gasteiger charge is -2.44. The van der Waals surface area contributed by atoms with Crippen molar-refractivity contribution < 1.29 is 24.2 Å². The summed E-state index contributed by atoms with van der Waals surface area (Å²) in [5.41, 5.74) is 4.34. The predicted molar refractivity (Wildman–Crippen MR) is 186 cm³/mol. The molecule has 0 radical (unpaired) electrons. The molecule has 1 fully saturated rings. The van der Waals surface area contributed by atoms with E-state index in [9.17, 15) is 19.5 Å². The van der Waals surface area contributed by atoms with Crippen LogP contribution in [0.3, 0.4) is 0 Å². The second-order valence-corrected chi connectivity index (χ2v) is 13.3. The number of benzene rings is 4. The highest BCUT2D eigenvalue weighted by molar-refractivity contribution is 6.36. The molecule has 2 amide bonds. The summed E-state index contributed by atoms with van der Waals surface area (Å²) in [4.78, 5) is 42.0. The van der Waals surface area contributed by atoms with E-state index in [1.807, 2.05) is 52.0 Å². The van der Waals surface area contributed by atoms with E-state index in [0.717, 1.165) is 22.3 Å². The van der Waals surface area contributed by atoms with Crippen molar-refractivity contribution >= 4 is 52.2 Å². The van der Waals surface area contributed by atoms with E-state index in [-0.39, 0.29) is 13.0 Å². The Kier molecular flexibility index (Phi) is 10.1. The third kappa shape index (κ3) is 7.23. The summed E-state index contributed by atoms with van der Waals surface area (Å²) in [5, 5.41) is 18.6. The van der Waals surface area contributed by atoms with Gasteiger partial charge in [-0.25, -0.2) is 0 Å². The van der Waals surface area contributed by atoms with Crippen LogP contribution in [-0.2, 0) is 21.0 Å². The highest BCUT2D eigenvalue weighted by Gasteiger charge is 2.56. The van der Waals surface area contributed by atoms with Crippen LogP contribution >= 0.6 is 23.2 Å². The first-order valence-electron chi connectivity index (χ1n) is 15.4. The van der Waals surface area contributed by atoms with Crippen LogP contribution in [0.2, 0.25) is 10.0 Å². The molecule has 4 aromatic carbocycles. The summed E-state index contributed by atoms with van der Waals surface area (Å²) in [7, 11) is 0. The van der Waals surface area contributed by atoms with E-state index >= 15 is 0 Å². The normalized spacial score (nSPS) is 20.9. The first-order chi connectivity index (χ1) is 22.3. The lowest BCUT2D eigenvalue weighted by Crippen LogP contribution is -2.56. The minimum Gasteiger partial charge on any atom is -0.489 e. The highest BCUT2D eigenvalue weighted by atomic mass is 35.5. The molecule has 0 spiro atoms. The molecular formula is C38H38Cl2N2O5. The number of halogens is 2. The fraction of sp³-hybridized carbons (Fsp3) is 0.289. The van der Waals surface area contributed by atoms with Gasteiger partial charge in [0, 0.05) is 39.3 Å².